The first-order chi connectivity index (χ1) is 8.24. The summed E-state index contributed by atoms with van der Waals surface area (Å²) in [7, 11) is 0. The zero-order chi connectivity index (χ0) is 11.8. The number of hydrogen-bond acceptors (Lipinski definition) is 3. The molecule has 2 aromatic heterocycles. The maximum absolute atomic E-state index is 5.88. The van der Waals surface area contributed by atoms with Gasteiger partial charge in [0.15, 0.2) is 5.65 Å². The van der Waals surface area contributed by atoms with E-state index in [1.807, 2.05) is 24.3 Å². The van der Waals surface area contributed by atoms with Crippen LogP contribution in [0.25, 0.3) is 22.3 Å². The highest BCUT2D eigenvalue weighted by atomic mass is 79.9. The van der Waals surface area contributed by atoms with Crippen LogP contribution in [0.2, 0.25) is 5.28 Å². The van der Waals surface area contributed by atoms with Gasteiger partial charge < -0.3 is 0 Å². The van der Waals surface area contributed by atoms with Gasteiger partial charge in [0.1, 0.15) is 0 Å². The highest BCUT2D eigenvalue weighted by Crippen LogP contribution is 2.27. The van der Waals surface area contributed by atoms with Gasteiger partial charge in [-0.15, -0.1) is 0 Å². The minimum atomic E-state index is 0.208. The van der Waals surface area contributed by atoms with Gasteiger partial charge in [0.2, 0.25) is 5.28 Å². The number of benzene rings is 1. The first-order valence-corrected chi connectivity index (χ1v) is 6.04. The summed E-state index contributed by atoms with van der Waals surface area (Å²) >= 11 is 9.28. The van der Waals surface area contributed by atoms with E-state index in [1.165, 1.54) is 0 Å². The first-order valence-electron chi connectivity index (χ1n) is 4.86. The van der Waals surface area contributed by atoms with Gasteiger partial charge in [0, 0.05) is 10.0 Å². The third-order valence-corrected chi connectivity index (χ3v) is 3.10. The predicted molar refractivity (Wildman–Crippen MR) is 69.8 cm³/mol. The smallest absolute Gasteiger partial charge is 0.224 e. The molecule has 0 atom stereocenters. The van der Waals surface area contributed by atoms with E-state index in [2.05, 4.69) is 36.1 Å². The molecule has 1 N–H and O–H groups in total. The normalized spacial score (nSPS) is 10.9. The number of H-pyrrole nitrogens is 1. The molecule has 0 unspecified atom stereocenters. The zero-order valence-electron chi connectivity index (χ0n) is 8.48. The van der Waals surface area contributed by atoms with Gasteiger partial charge >= 0.3 is 0 Å². The Bertz CT molecular complexity index is 678. The fourth-order valence-electron chi connectivity index (χ4n) is 1.64. The number of aromatic amines is 1. The molecular formula is C11H6BrClN4. The largest absolute Gasteiger partial charge is 0.261 e. The third kappa shape index (κ3) is 1.92. The van der Waals surface area contributed by atoms with E-state index < -0.39 is 0 Å². The van der Waals surface area contributed by atoms with Gasteiger partial charge in [-0.3, -0.25) is 5.10 Å². The maximum atomic E-state index is 5.88. The molecule has 0 aliphatic rings. The number of rotatable bonds is 1. The Morgan fingerprint density at radius 2 is 1.88 bits per heavy atom. The number of halogens is 2. The van der Waals surface area contributed by atoms with Crippen LogP contribution >= 0.6 is 27.5 Å². The summed E-state index contributed by atoms with van der Waals surface area (Å²) < 4.78 is 1.02. The van der Waals surface area contributed by atoms with Crippen LogP contribution < -0.4 is 0 Å². The summed E-state index contributed by atoms with van der Waals surface area (Å²) in [6.45, 7) is 0. The molecule has 0 saturated carbocycles. The first kappa shape index (κ1) is 10.7. The number of nitrogens with one attached hydrogen (secondary N) is 1. The lowest BCUT2D eigenvalue weighted by molar-refractivity contribution is 1.09. The highest BCUT2D eigenvalue weighted by Gasteiger charge is 2.10. The van der Waals surface area contributed by atoms with E-state index in [1.54, 1.807) is 6.20 Å². The lowest BCUT2D eigenvalue weighted by Crippen LogP contribution is -1.89. The van der Waals surface area contributed by atoms with Gasteiger partial charge in [-0.05, 0) is 23.7 Å². The second kappa shape index (κ2) is 4.09. The number of aromatic nitrogens is 4. The summed E-state index contributed by atoms with van der Waals surface area (Å²) in [4.78, 5) is 8.32. The van der Waals surface area contributed by atoms with Gasteiger partial charge in [-0.25, -0.2) is 4.98 Å². The van der Waals surface area contributed by atoms with E-state index >= 15 is 0 Å². The van der Waals surface area contributed by atoms with Gasteiger partial charge in [0.05, 0.1) is 17.3 Å². The Balaban J connectivity index is 2.28. The summed E-state index contributed by atoms with van der Waals surface area (Å²) in [5.41, 5.74) is 2.40. The highest BCUT2D eigenvalue weighted by molar-refractivity contribution is 9.10. The molecule has 0 aliphatic heterocycles. The molecule has 2 heterocycles. The van der Waals surface area contributed by atoms with Crippen molar-refractivity contribution in [3.05, 3.63) is 40.2 Å². The molecule has 4 nitrogen and oxygen atoms in total. The van der Waals surface area contributed by atoms with Crippen LogP contribution in [0, 0.1) is 0 Å². The zero-order valence-corrected chi connectivity index (χ0v) is 10.8. The Labute approximate surface area is 110 Å². The fourth-order valence-corrected chi connectivity index (χ4v) is 2.07. The molecule has 0 spiro atoms. The standard InChI is InChI=1S/C11H6BrClN4/c12-7-3-1-6(2-4-7)9-8-5-14-17-10(8)16-11(13)15-9/h1-5H,(H,14,15,16,17). The van der Waals surface area contributed by atoms with Crippen molar-refractivity contribution in [3.8, 4) is 11.3 Å². The van der Waals surface area contributed by atoms with Crippen molar-refractivity contribution in [2.75, 3.05) is 0 Å². The summed E-state index contributed by atoms with van der Waals surface area (Å²) in [6.07, 6.45) is 1.70. The van der Waals surface area contributed by atoms with Crippen LogP contribution in [0.4, 0.5) is 0 Å². The lowest BCUT2D eigenvalue weighted by Gasteiger charge is -2.02. The SMILES string of the molecule is Clc1nc(-c2ccc(Br)cc2)c2cn[nH]c2n1. The Hall–Kier alpha value is -1.46. The summed E-state index contributed by atoms with van der Waals surface area (Å²) in [6, 6.07) is 7.85. The second-order valence-electron chi connectivity index (χ2n) is 3.48. The molecule has 6 heteroatoms. The lowest BCUT2D eigenvalue weighted by atomic mass is 10.1. The van der Waals surface area contributed by atoms with E-state index in [0.29, 0.717) is 5.65 Å². The van der Waals surface area contributed by atoms with Gasteiger partial charge in [-0.2, -0.15) is 10.1 Å². The Morgan fingerprint density at radius 1 is 1.12 bits per heavy atom. The molecule has 0 bridgehead atoms. The van der Waals surface area contributed by atoms with E-state index in [-0.39, 0.29) is 5.28 Å². The molecule has 0 radical (unpaired) electrons. The fraction of sp³-hybridized carbons (Fsp3) is 0. The van der Waals surface area contributed by atoms with Crippen molar-refractivity contribution in [2.45, 2.75) is 0 Å². The monoisotopic (exact) mass is 308 g/mol. The van der Waals surface area contributed by atoms with Gasteiger partial charge in [-0.1, -0.05) is 28.1 Å². The van der Waals surface area contributed by atoms with Crippen molar-refractivity contribution in [1.82, 2.24) is 20.2 Å². The average molecular weight is 310 g/mol. The molecule has 0 fully saturated rings. The van der Waals surface area contributed by atoms with Crippen LogP contribution in [0.15, 0.2) is 34.9 Å². The second-order valence-corrected chi connectivity index (χ2v) is 4.73. The van der Waals surface area contributed by atoms with Crippen LogP contribution in [-0.2, 0) is 0 Å². The molecule has 3 aromatic rings. The van der Waals surface area contributed by atoms with Crippen LogP contribution in [0.1, 0.15) is 0 Å². The van der Waals surface area contributed by atoms with Crippen molar-refractivity contribution in [3.63, 3.8) is 0 Å². The van der Waals surface area contributed by atoms with Gasteiger partial charge in [0.25, 0.3) is 0 Å². The molecule has 17 heavy (non-hydrogen) atoms. The topological polar surface area (TPSA) is 54.5 Å². The maximum Gasteiger partial charge on any atom is 0.224 e. The van der Waals surface area contributed by atoms with Crippen molar-refractivity contribution in [1.29, 1.82) is 0 Å². The average Bonchev–Trinajstić information content (AvgIpc) is 2.77. The predicted octanol–water partition coefficient (Wildman–Crippen LogP) is 3.44. The minimum Gasteiger partial charge on any atom is -0.261 e. The van der Waals surface area contributed by atoms with Crippen LogP contribution in [-0.4, -0.2) is 20.2 Å². The Kier molecular flexibility index (Phi) is 2.57. The molecule has 3 rings (SSSR count). The van der Waals surface area contributed by atoms with Crippen LogP contribution in [0.5, 0.6) is 0 Å². The molecule has 0 aliphatic carbocycles. The van der Waals surface area contributed by atoms with E-state index in [0.717, 1.165) is 21.1 Å². The Morgan fingerprint density at radius 3 is 2.65 bits per heavy atom. The van der Waals surface area contributed by atoms with Crippen LogP contribution in [0.3, 0.4) is 0 Å². The van der Waals surface area contributed by atoms with E-state index in [9.17, 15) is 0 Å². The molecular weight excluding hydrogens is 304 g/mol. The number of hydrogen-bond donors (Lipinski definition) is 1. The summed E-state index contributed by atoms with van der Waals surface area (Å²) in [5.74, 6) is 0. The molecule has 0 amide bonds. The van der Waals surface area contributed by atoms with Crippen molar-refractivity contribution >= 4 is 38.6 Å². The van der Waals surface area contributed by atoms with Crippen molar-refractivity contribution in [2.24, 2.45) is 0 Å². The molecule has 84 valence electrons. The number of fused-ring (bicyclic) bond motifs is 1. The van der Waals surface area contributed by atoms with Crippen molar-refractivity contribution < 1.29 is 0 Å². The minimum absolute atomic E-state index is 0.208. The number of nitrogens with zero attached hydrogens (tertiary/aromatic N) is 3. The summed E-state index contributed by atoms with van der Waals surface area (Å²) in [5, 5.41) is 7.80. The molecule has 1 aromatic carbocycles. The van der Waals surface area contributed by atoms with E-state index in [4.69, 9.17) is 11.6 Å². The quantitative estimate of drug-likeness (QED) is 0.701. The third-order valence-electron chi connectivity index (χ3n) is 2.40. The molecule has 0 saturated heterocycles.